The lowest BCUT2D eigenvalue weighted by molar-refractivity contribution is 0.364. The molecule has 1 aliphatic heterocycles. The van der Waals surface area contributed by atoms with Crippen molar-refractivity contribution in [2.24, 2.45) is 15.8 Å². The maximum Gasteiger partial charge on any atom is 0.0515 e. The third-order valence-corrected chi connectivity index (χ3v) is 3.94. The predicted octanol–water partition coefficient (Wildman–Crippen LogP) is 3.03. The Labute approximate surface area is 84.2 Å². The van der Waals surface area contributed by atoms with Crippen LogP contribution in [0.4, 0.5) is 0 Å². The summed E-state index contributed by atoms with van der Waals surface area (Å²) in [4.78, 5) is 4.50. The molecule has 3 rings (SSSR count). The zero-order chi connectivity index (χ0) is 9.81. The second-order valence-corrected chi connectivity index (χ2v) is 4.55. The Bertz CT molecular complexity index is 410. The Kier molecular flexibility index (Phi) is 1.23. The molecule has 3 aliphatic rings. The maximum atomic E-state index is 4.50. The smallest absolute Gasteiger partial charge is 0.0515 e. The van der Waals surface area contributed by atoms with Crippen molar-refractivity contribution in [2.45, 2.75) is 13.8 Å². The number of hydrogen-bond acceptors (Lipinski definition) is 1. The second kappa shape index (κ2) is 2.17. The molecular weight excluding hydrogens is 170 g/mol. The van der Waals surface area contributed by atoms with E-state index in [0.29, 0.717) is 0 Å². The third-order valence-electron chi connectivity index (χ3n) is 3.94. The minimum absolute atomic E-state index is 0.0660. The quantitative estimate of drug-likeness (QED) is 0.547. The van der Waals surface area contributed by atoms with Crippen LogP contribution in [0.2, 0.25) is 0 Å². The van der Waals surface area contributed by atoms with Gasteiger partial charge in [0, 0.05) is 17.0 Å². The van der Waals surface area contributed by atoms with E-state index in [-0.39, 0.29) is 10.8 Å². The molecule has 0 bridgehead atoms. The monoisotopic (exact) mass is 183 g/mol. The van der Waals surface area contributed by atoms with Gasteiger partial charge in [-0.1, -0.05) is 31.2 Å². The zero-order valence-corrected chi connectivity index (χ0v) is 8.49. The second-order valence-electron chi connectivity index (χ2n) is 4.55. The molecular formula is C13H13N. The van der Waals surface area contributed by atoms with Crippen LogP contribution in [0.5, 0.6) is 0 Å². The molecule has 2 atom stereocenters. The van der Waals surface area contributed by atoms with E-state index in [2.05, 4.69) is 49.2 Å². The lowest BCUT2D eigenvalue weighted by atomic mass is 9.67. The van der Waals surface area contributed by atoms with E-state index in [1.807, 2.05) is 12.3 Å². The van der Waals surface area contributed by atoms with Crippen LogP contribution in [-0.4, -0.2) is 5.71 Å². The van der Waals surface area contributed by atoms with Crippen LogP contribution < -0.4 is 0 Å². The number of aliphatic imine (C=N–C) groups is 1. The fourth-order valence-corrected chi connectivity index (χ4v) is 2.64. The summed E-state index contributed by atoms with van der Waals surface area (Å²) in [5.74, 6) is 0. The molecule has 0 N–H and O–H groups in total. The van der Waals surface area contributed by atoms with Gasteiger partial charge >= 0.3 is 0 Å². The number of rotatable bonds is 0. The molecule has 1 nitrogen and oxygen atoms in total. The van der Waals surface area contributed by atoms with Crippen LogP contribution in [0.15, 0.2) is 53.2 Å². The van der Waals surface area contributed by atoms with E-state index in [4.69, 9.17) is 0 Å². The van der Waals surface area contributed by atoms with Crippen molar-refractivity contribution in [3.8, 4) is 0 Å². The molecule has 0 saturated carbocycles. The first-order chi connectivity index (χ1) is 6.67. The minimum Gasteiger partial charge on any atom is -0.260 e. The maximum absolute atomic E-state index is 4.50. The highest BCUT2D eigenvalue weighted by Gasteiger charge is 2.52. The fraction of sp³-hybridized carbons (Fsp3) is 0.308. The van der Waals surface area contributed by atoms with E-state index >= 15 is 0 Å². The number of hydrogen-bond donors (Lipinski definition) is 0. The van der Waals surface area contributed by atoms with E-state index in [9.17, 15) is 0 Å². The lowest BCUT2D eigenvalue weighted by Crippen LogP contribution is -2.34. The molecule has 2 unspecified atom stereocenters. The normalized spacial score (nSPS) is 42.1. The average molecular weight is 183 g/mol. The van der Waals surface area contributed by atoms with Crippen molar-refractivity contribution >= 4 is 5.71 Å². The standard InChI is InChI=1S/C13H13N/c1-12-7-5-10-4-3-9-14-11(6-8-12)13(10,12)2/h3-9H,1-2H3. The molecule has 0 amide bonds. The van der Waals surface area contributed by atoms with Gasteiger partial charge in [-0.3, -0.25) is 4.99 Å². The van der Waals surface area contributed by atoms with E-state index in [0.717, 1.165) is 0 Å². The average Bonchev–Trinajstić information content (AvgIpc) is 2.49. The summed E-state index contributed by atoms with van der Waals surface area (Å²) in [7, 11) is 0. The number of allylic oxidation sites excluding steroid dienone is 7. The Morgan fingerprint density at radius 3 is 2.79 bits per heavy atom. The molecule has 1 heteroatoms. The lowest BCUT2D eigenvalue weighted by Gasteiger charge is -2.35. The topological polar surface area (TPSA) is 12.4 Å². The molecule has 0 radical (unpaired) electrons. The van der Waals surface area contributed by atoms with Gasteiger partial charge in [-0.05, 0) is 24.6 Å². The van der Waals surface area contributed by atoms with Gasteiger partial charge in [0.25, 0.3) is 0 Å². The molecule has 0 fully saturated rings. The summed E-state index contributed by atoms with van der Waals surface area (Å²) in [5.41, 5.74) is 2.75. The summed E-state index contributed by atoms with van der Waals surface area (Å²) in [6.45, 7) is 4.55. The first-order valence-corrected chi connectivity index (χ1v) is 5.01. The van der Waals surface area contributed by atoms with Gasteiger partial charge in [-0.15, -0.1) is 0 Å². The van der Waals surface area contributed by atoms with Crippen LogP contribution in [0, 0.1) is 10.8 Å². The Morgan fingerprint density at radius 2 is 1.93 bits per heavy atom. The van der Waals surface area contributed by atoms with Gasteiger partial charge in [0.15, 0.2) is 0 Å². The number of nitrogens with zero attached hydrogens (tertiary/aromatic N) is 1. The van der Waals surface area contributed by atoms with Crippen LogP contribution in [0.1, 0.15) is 13.8 Å². The first kappa shape index (κ1) is 7.98. The molecule has 0 spiro atoms. The molecule has 2 aliphatic carbocycles. The highest BCUT2D eigenvalue weighted by molar-refractivity contribution is 6.07. The highest BCUT2D eigenvalue weighted by Crippen LogP contribution is 2.57. The molecule has 1 heterocycles. The van der Waals surface area contributed by atoms with E-state index < -0.39 is 0 Å². The van der Waals surface area contributed by atoms with Crippen LogP contribution in [-0.2, 0) is 0 Å². The summed E-state index contributed by atoms with van der Waals surface area (Å²) >= 11 is 0. The Hall–Kier alpha value is -1.37. The van der Waals surface area contributed by atoms with Crippen molar-refractivity contribution in [3.63, 3.8) is 0 Å². The molecule has 70 valence electrons. The predicted molar refractivity (Wildman–Crippen MR) is 59.2 cm³/mol. The highest BCUT2D eigenvalue weighted by atomic mass is 14.8. The van der Waals surface area contributed by atoms with Crippen molar-refractivity contribution in [1.82, 2.24) is 0 Å². The van der Waals surface area contributed by atoms with E-state index in [1.165, 1.54) is 11.3 Å². The van der Waals surface area contributed by atoms with Crippen LogP contribution >= 0.6 is 0 Å². The summed E-state index contributed by atoms with van der Waals surface area (Å²) in [5, 5.41) is 0. The largest absolute Gasteiger partial charge is 0.260 e. The summed E-state index contributed by atoms with van der Waals surface area (Å²) in [6, 6.07) is 0. The van der Waals surface area contributed by atoms with Gasteiger partial charge in [-0.25, -0.2) is 0 Å². The van der Waals surface area contributed by atoms with E-state index in [1.54, 1.807) is 0 Å². The molecule has 14 heavy (non-hydrogen) atoms. The van der Waals surface area contributed by atoms with Crippen molar-refractivity contribution < 1.29 is 0 Å². The molecule has 0 saturated heterocycles. The molecule has 0 aromatic heterocycles. The SMILES string of the molecule is CC12C=CC3=CC=CN=C(C=C1)C32C. The molecule has 0 aromatic rings. The van der Waals surface area contributed by atoms with Gasteiger partial charge in [-0.2, -0.15) is 0 Å². The van der Waals surface area contributed by atoms with Crippen molar-refractivity contribution in [2.75, 3.05) is 0 Å². The summed E-state index contributed by atoms with van der Waals surface area (Å²) < 4.78 is 0. The fourth-order valence-electron chi connectivity index (χ4n) is 2.64. The van der Waals surface area contributed by atoms with Crippen molar-refractivity contribution in [1.29, 1.82) is 0 Å². The van der Waals surface area contributed by atoms with Crippen LogP contribution in [0.3, 0.4) is 0 Å². The van der Waals surface area contributed by atoms with Gasteiger partial charge in [0.2, 0.25) is 0 Å². The Morgan fingerprint density at radius 1 is 1.14 bits per heavy atom. The molecule has 0 aromatic carbocycles. The van der Waals surface area contributed by atoms with Gasteiger partial charge in [0.1, 0.15) is 0 Å². The third kappa shape index (κ3) is 0.661. The first-order valence-electron chi connectivity index (χ1n) is 5.01. The Balaban J connectivity index is 2.34. The van der Waals surface area contributed by atoms with Gasteiger partial charge < -0.3 is 0 Å². The zero-order valence-electron chi connectivity index (χ0n) is 8.49. The van der Waals surface area contributed by atoms with Crippen LogP contribution in [0.25, 0.3) is 0 Å². The summed E-state index contributed by atoms with van der Waals surface area (Å²) in [6.07, 6.45) is 15.0. The van der Waals surface area contributed by atoms with Gasteiger partial charge in [0.05, 0.1) is 5.71 Å². The minimum atomic E-state index is 0.0660. The van der Waals surface area contributed by atoms with Crippen molar-refractivity contribution in [3.05, 3.63) is 48.2 Å².